The molecule has 4 rings (SSSR count). The molecule has 0 aromatic carbocycles. The van der Waals surface area contributed by atoms with Crippen LogP contribution >= 0.6 is 0 Å². The van der Waals surface area contributed by atoms with Crippen molar-refractivity contribution >= 4 is 10.8 Å². The van der Waals surface area contributed by atoms with Gasteiger partial charge in [-0.2, -0.15) is 0 Å². The van der Waals surface area contributed by atoms with Crippen LogP contribution < -0.4 is 5.32 Å². The fraction of sp³-hybridized carbons (Fsp3) is 1.00. The van der Waals surface area contributed by atoms with Crippen molar-refractivity contribution in [2.75, 3.05) is 12.8 Å². The lowest BCUT2D eigenvalue weighted by molar-refractivity contribution is -0.0683. The minimum Gasteiger partial charge on any atom is -0.316 e. The maximum Gasteiger partial charge on any atom is 0.0396 e. The molecule has 21 heavy (non-hydrogen) atoms. The molecule has 122 valence electrons. The quantitative estimate of drug-likeness (QED) is 0.812. The first-order valence-electron chi connectivity index (χ1n) is 8.98. The molecule has 2 nitrogen and oxygen atoms in total. The Bertz CT molecular complexity index is 371. The van der Waals surface area contributed by atoms with E-state index in [4.69, 9.17) is 0 Å². The van der Waals surface area contributed by atoms with E-state index in [9.17, 15) is 4.21 Å². The highest BCUT2D eigenvalue weighted by Crippen LogP contribution is 2.61. The molecule has 3 unspecified atom stereocenters. The number of hydrogen-bond acceptors (Lipinski definition) is 2. The third kappa shape index (κ3) is 2.97. The van der Waals surface area contributed by atoms with E-state index in [0.717, 1.165) is 23.5 Å². The lowest BCUT2D eigenvalue weighted by atomic mass is 9.48. The highest BCUT2D eigenvalue weighted by molar-refractivity contribution is 7.85. The van der Waals surface area contributed by atoms with Gasteiger partial charge in [-0.25, -0.2) is 0 Å². The minimum absolute atomic E-state index is 0.315. The molecule has 0 aromatic rings. The number of hydrogen-bond donors (Lipinski definition) is 1. The molecule has 0 spiro atoms. The van der Waals surface area contributed by atoms with Gasteiger partial charge in [0.1, 0.15) is 0 Å². The van der Waals surface area contributed by atoms with Crippen molar-refractivity contribution in [1.29, 1.82) is 0 Å². The SMILES string of the molecule is CNC(CS(=O)C(C)C(C)C)C12CC3CC(CC(C3)C1)C2. The second-order valence-corrected chi connectivity index (χ2v) is 10.5. The van der Waals surface area contributed by atoms with Crippen molar-refractivity contribution in [3.63, 3.8) is 0 Å². The first kappa shape index (κ1) is 16.0. The van der Waals surface area contributed by atoms with Gasteiger partial charge in [0.2, 0.25) is 0 Å². The summed E-state index contributed by atoms with van der Waals surface area (Å²) >= 11 is 0. The summed E-state index contributed by atoms with van der Waals surface area (Å²) in [5.41, 5.74) is 0.468. The van der Waals surface area contributed by atoms with Gasteiger partial charge >= 0.3 is 0 Å². The van der Waals surface area contributed by atoms with E-state index in [2.05, 4.69) is 33.1 Å². The molecule has 1 N–H and O–H groups in total. The summed E-state index contributed by atoms with van der Waals surface area (Å²) < 4.78 is 12.7. The van der Waals surface area contributed by atoms with Crippen molar-refractivity contribution in [3.05, 3.63) is 0 Å². The molecule has 4 bridgehead atoms. The molecule has 0 aromatic heterocycles. The molecule has 0 amide bonds. The van der Waals surface area contributed by atoms with E-state index in [0.29, 0.717) is 22.6 Å². The predicted octanol–water partition coefficient (Wildman–Crippen LogP) is 3.58. The molecule has 3 heteroatoms. The predicted molar refractivity (Wildman–Crippen MR) is 90.8 cm³/mol. The monoisotopic (exact) mass is 311 g/mol. The van der Waals surface area contributed by atoms with E-state index in [1.165, 1.54) is 38.5 Å². The van der Waals surface area contributed by atoms with Gasteiger partial charge in [-0.15, -0.1) is 0 Å². The second-order valence-electron chi connectivity index (χ2n) is 8.62. The Morgan fingerprint density at radius 1 is 1.05 bits per heavy atom. The summed E-state index contributed by atoms with van der Waals surface area (Å²) in [5, 5.41) is 3.91. The van der Waals surface area contributed by atoms with Crippen molar-refractivity contribution in [2.45, 2.75) is 70.6 Å². The smallest absolute Gasteiger partial charge is 0.0396 e. The standard InChI is InChI=1S/C18H33NOS/c1-12(2)13(3)21(20)11-17(19-4)18-8-14-5-15(9-18)7-16(6-14)10-18/h12-17,19H,5-11H2,1-4H3. The molecule has 4 saturated carbocycles. The Balaban J connectivity index is 1.73. The van der Waals surface area contributed by atoms with Crippen LogP contribution in [-0.2, 0) is 10.8 Å². The average Bonchev–Trinajstić information content (AvgIpc) is 2.41. The van der Waals surface area contributed by atoms with Crippen LogP contribution in [0.4, 0.5) is 0 Å². The number of rotatable bonds is 6. The van der Waals surface area contributed by atoms with Gasteiger partial charge in [0.25, 0.3) is 0 Å². The van der Waals surface area contributed by atoms with E-state index in [1.54, 1.807) is 0 Å². The van der Waals surface area contributed by atoms with Gasteiger partial charge in [-0.1, -0.05) is 20.8 Å². The van der Waals surface area contributed by atoms with Gasteiger partial charge < -0.3 is 5.32 Å². The Labute approximate surface area is 133 Å². The molecular weight excluding hydrogens is 278 g/mol. The molecule has 0 saturated heterocycles. The zero-order valence-corrected chi connectivity index (χ0v) is 15.0. The molecule has 0 aliphatic heterocycles. The van der Waals surface area contributed by atoms with Crippen LogP contribution in [0.2, 0.25) is 0 Å². The van der Waals surface area contributed by atoms with Crippen LogP contribution in [0.3, 0.4) is 0 Å². The van der Waals surface area contributed by atoms with Gasteiger partial charge in [-0.3, -0.25) is 4.21 Å². The molecule has 0 radical (unpaired) electrons. The lowest BCUT2D eigenvalue weighted by Crippen LogP contribution is -2.57. The fourth-order valence-corrected chi connectivity index (χ4v) is 7.55. The zero-order valence-electron chi connectivity index (χ0n) is 14.2. The zero-order chi connectivity index (χ0) is 15.2. The first-order chi connectivity index (χ1) is 9.93. The van der Waals surface area contributed by atoms with Crippen molar-refractivity contribution < 1.29 is 4.21 Å². The summed E-state index contributed by atoms with van der Waals surface area (Å²) in [4.78, 5) is 0. The normalized spacial score (nSPS) is 42.2. The Morgan fingerprint density at radius 3 is 1.90 bits per heavy atom. The molecule has 4 aliphatic carbocycles. The summed E-state index contributed by atoms with van der Waals surface area (Å²) in [5.74, 6) is 4.30. The third-order valence-electron chi connectivity index (χ3n) is 6.86. The van der Waals surface area contributed by atoms with Crippen molar-refractivity contribution in [3.8, 4) is 0 Å². The summed E-state index contributed by atoms with van der Waals surface area (Å²) in [6, 6.07) is 0.466. The molecule has 3 atom stereocenters. The summed E-state index contributed by atoms with van der Waals surface area (Å²) in [6.07, 6.45) is 8.66. The van der Waals surface area contributed by atoms with Crippen molar-refractivity contribution in [1.82, 2.24) is 5.32 Å². The molecular formula is C18H33NOS. The van der Waals surface area contributed by atoms with Gasteiger partial charge in [0, 0.05) is 27.8 Å². The van der Waals surface area contributed by atoms with Gasteiger partial charge in [0.15, 0.2) is 0 Å². The van der Waals surface area contributed by atoms with Crippen LogP contribution in [0.1, 0.15) is 59.3 Å². The van der Waals surface area contributed by atoms with E-state index < -0.39 is 10.8 Å². The van der Waals surface area contributed by atoms with Crippen LogP contribution in [0, 0.1) is 29.1 Å². The van der Waals surface area contributed by atoms with Crippen LogP contribution in [0.5, 0.6) is 0 Å². The van der Waals surface area contributed by atoms with E-state index in [1.807, 2.05) is 0 Å². The Morgan fingerprint density at radius 2 is 1.52 bits per heavy atom. The number of nitrogens with one attached hydrogen (secondary N) is 1. The average molecular weight is 312 g/mol. The summed E-state index contributed by atoms with van der Waals surface area (Å²) in [7, 11) is 1.40. The Hall–Kier alpha value is 0.110. The molecule has 4 fully saturated rings. The van der Waals surface area contributed by atoms with Gasteiger partial charge in [0.05, 0.1) is 0 Å². The van der Waals surface area contributed by atoms with Crippen LogP contribution in [0.15, 0.2) is 0 Å². The lowest BCUT2D eigenvalue weighted by Gasteiger charge is -2.59. The van der Waals surface area contributed by atoms with E-state index in [-0.39, 0.29) is 0 Å². The van der Waals surface area contributed by atoms with Gasteiger partial charge in [-0.05, 0) is 74.7 Å². The maximum atomic E-state index is 12.7. The second kappa shape index (κ2) is 5.96. The van der Waals surface area contributed by atoms with Crippen molar-refractivity contribution in [2.24, 2.45) is 29.1 Å². The topological polar surface area (TPSA) is 29.1 Å². The highest BCUT2D eigenvalue weighted by Gasteiger charge is 2.54. The molecule has 0 heterocycles. The summed E-state index contributed by atoms with van der Waals surface area (Å²) in [6.45, 7) is 6.55. The van der Waals surface area contributed by atoms with Crippen LogP contribution in [0.25, 0.3) is 0 Å². The maximum absolute atomic E-state index is 12.7. The van der Waals surface area contributed by atoms with Crippen LogP contribution in [-0.4, -0.2) is 28.3 Å². The minimum atomic E-state index is -0.700. The largest absolute Gasteiger partial charge is 0.316 e. The first-order valence-corrected chi connectivity index (χ1v) is 10.4. The Kier molecular flexibility index (Phi) is 4.53. The fourth-order valence-electron chi connectivity index (χ4n) is 5.79. The highest BCUT2D eigenvalue weighted by atomic mass is 32.2. The van der Waals surface area contributed by atoms with E-state index >= 15 is 0 Å². The third-order valence-corrected chi connectivity index (χ3v) is 8.89. The molecule has 4 aliphatic rings.